The van der Waals surface area contributed by atoms with Crippen LogP contribution in [0.4, 0.5) is 0 Å². The molecule has 16 heavy (non-hydrogen) atoms. The Balaban J connectivity index is 2.45. The van der Waals surface area contributed by atoms with Crippen LogP contribution in [0.5, 0.6) is 0 Å². The third-order valence-electron chi connectivity index (χ3n) is 2.10. The highest BCUT2D eigenvalue weighted by Gasteiger charge is 2.10. The van der Waals surface area contributed by atoms with Crippen LogP contribution < -0.4 is 0 Å². The third-order valence-corrected chi connectivity index (χ3v) is 3.24. The Morgan fingerprint density at radius 3 is 2.94 bits per heavy atom. The molecular formula is C10H11BrN4S. The number of aryl methyl sites for hydroxylation is 1. The molecule has 0 spiro atoms. The minimum atomic E-state index is 0.760. The molecule has 0 saturated heterocycles. The van der Waals surface area contributed by atoms with Gasteiger partial charge in [-0.1, -0.05) is 11.8 Å². The lowest BCUT2D eigenvalue weighted by atomic mass is 10.3. The topological polar surface area (TPSA) is 43.6 Å². The molecule has 0 amide bonds. The van der Waals surface area contributed by atoms with Gasteiger partial charge in [-0.25, -0.2) is 9.97 Å². The number of halogens is 1. The van der Waals surface area contributed by atoms with Crippen LogP contribution in [0.25, 0.3) is 11.4 Å². The van der Waals surface area contributed by atoms with Crippen LogP contribution >= 0.6 is 27.7 Å². The Morgan fingerprint density at radius 1 is 1.50 bits per heavy atom. The zero-order valence-corrected chi connectivity index (χ0v) is 11.4. The maximum atomic E-state index is 4.44. The van der Waals surface area contributed by atoms with Crippen LogP contribution in [0.3, 0.4) is 0 Å². The minimum absolute atomic E-state index is 0.760. The van der Waals surface area contributed by atoms with Crippen molar-refractivity contribution < 1.29 is 0 Å². The first-order chi connectivity index (χ1) is 7.74. The number of hydrogen-bond acceptors (Lipinski definition) is 4. The second-order valence-electron chi connectivity index (χ2n) is 3.11. The maximum Gasteiger partial charge on any atom is 0.187 e. The second-order valence-corrected chi connectivity index (χ2v) is 4.74. The van der Waals surface area contributed by atoms with Gasteiger partial charge in [-0.15, -0.1) is 0 Å². The maximum absolute atomic E-state index is 4.44. The summed E-state index contributed by atoms with van der Waals surface area (Å²) in [7, 11) is 0. The van der Waals surface area contributed by atoms with Crippen LogP contribution in [0, 0.1) is 0 Å². The molecule has 0 unspecified atom stereocenters. The summed E-state index contributed by atoms with van der Waals surface area (Å²) in [4.78, 5) is 8.56. The van der Waals surface area contributed by atoms with E-state index in [2.05, 4.69) is 37.9 Å². The lowest BCUT2D eigenvalue weighted by molar-refractivity contribution is 0.661. The van der Waals surface area contributed by atoms with E-state index < -0.39 is 0 Å². The summed E-state index contributed by atoms with van der Waals surface area (Å²) in [5, 5.41) is 5.20. The van der Waals surface area contributed by atoms with Gasteiger partial charge in [0.2, 0.25) is 0 Å². The molecule has 4 nitrogen and oxygen atoms in total. The molecule has 0 N–H and O–H groups in total. The Morgan fingerprint density at radius 2 is 2.31 bits per heavy atom. The summed E-state index contributed by atoms with van der Waals surface area (Å²) in [6.07, 6.45) is 5.67. The van der Waals surface area contributed by atoms with E-state index in [-0.39, 0.29) is 0 Å². The van der Waals surface area contributed by atoms with Crippen LogP contribution in [-0.4, -0.2) is 26.0 Å². The zero-order chi connectivity index (χ0) is 11.5. The molecule has 2 aromatic heterocycles. The van der Waals surface area contributed by atoms with Gasteiger partial charge >= 0.3 is 0 Å². The fraction of sp³-hybridized carbons (Fsp3) is 0.300. The van der Waals surface area contributed by atoms with Gasteiger partial charge in [-0.2, -0.15) is 5.10 Å². The normalized spacial score (nSPS) is 10.7. The van der Waals surface area contributed by atoms with Gasteiger partial charge in [0, 0.05) is 18.9 Å². The highest BCUT2D eigenvalue weighted by molar-refractivity contribution is 9.10. The quantitative estimate of drug-likeness (QED) is 0.645. The molecule has 0 bridgehead atoms. The number of hydrogen-bond donors (Lipinski definition) is 0. The van der Waals surface area contributed by atoms with Crippen molar-refractivity contribution >= 4 is 27.7 Å². The van der Waals surface area contributed by atoms with Crippen molar-refractivity contribution in [2.45, 2.75) is 18.6 Å². The fourth-order valence-electron chi connectivity index (χ4n) is 1.30. The van der Waals surface area contributed by atoms with E-state index in [4.69, 9.17) is 0 Å². The minimum Gasteiger partial charge on any atom is -0.271 e. The molecular weight excluding hydrogens is 288 g/mol. The molecule has 2 rings (SSSR count). The molecule has 6 heteroatoms. The summed E-state index contributed by atoms with van der Waals surface area (Å²) >= 11 is 5.01. The van der Waals surface area contributed by atoms with E-state index in [1.165, 1.54) is 11.8 Å². The number of rotatable bonds is 3. The molecule has 84 valence electrons. The van der Waals surface area contributed by atoms with Gasteiger partial charge in [0.05, 0.1) is 10.2 Å². The largest absolute Gasteiger partial charge is 0.271 e. The first-order valence-corrected chi connectivity index (χ1v) is 6.86. The number of nitrogens with zero attached hydrogens (tertiary/aromatic N) is 4. The average Bonchev–Trinajstić information content (AvgIpc) is 2.71. The van der Waals surface area contributed by atoms with Gasteiger partial charge in [0.1, 0.15) is 5.69 Å². The van der Waals surface area contributed by atoms with Crippen molar-refractivity contribution in [3.63, 3.8) is 0 Å². The van der Waals surface area contributed by atoms with Crippen LogP contribution in [0.1, 0.15) is 6.92 Å². The molecule has 0 atom stereocenters. The van der Waals surface area contributed by atoms with Gasteiger partial charge in [-0.3, -0.25) is 4.68 Å². The van der Waals surface area contributed by atoms with Crippen molar-refractivity contribution in [2.24, 2.45) is 0 Å². The van der Waals surface area contributed by atoms with E-state index in [9.17, 15) is 0 Å². The Kier molecular flexibility index (Phi) is 3.60. The summed E-state index contributed by atoms with van der Waals surface area (Å²) < 4.78 is 2.83. The predicted octanol–water partition coefficient (Wildman–Crippen LogP) is 2.84. The molecule has 0 aliphatic carbocycles. The molecule has 2 heterocycles. The van der Waals surface area contributed by atoms with E-state index in [0.29, 0.717) is 0 Å². The number of aromatic nitrogens is 4. The average molecular weight is 299 g/mol. The molecule has 0 saturated carbocycles. The first kappa shape index (κ1) is 11.6. The molecule has 0 fully saturated rings. The van der Waals surface area contributed by atoms with Crippen molar-refractivity contribution in [3.8, 4) is 11.4 Å². The van der Waals surface area contributed by atoms with E-state index in [1.807, 2.05) is 23.2 Å². The molecule has 0 aromatic carbocycles. The van der Waals surface area contributed by atoms with Gasteiger partial charge in [-0.05, 0) is 35.2 Å². The third kappa shape index (κ3) is 2.27. The molecule has 0 aliphatic heterocycles. The van der Waals surface area contributed by atoms with Crippen LogP contribution in [0.2, 0.25) is 0 Å². The lowest BCUT2D eigenvalue weighted by Crippen LogP contribution is -1.95. The first-order valence-electron chi connectivity index (χ1n) is 4.85. The van der Waals surface area contributed by atoms with Crippen molar-refractivity contribution in [1.29, 1.82) is 0 Å². The highest BCUT2D eigenvalue weighted by Crippen LogP contribution is 2.25. The van der Waals surface area contributed by atoms with Crippen molar-refractivity contribution in [3.05, 3.63) is 22.9 Å². The highest BCUT2D eigenvalue weighted by atomic mass is 79.9. The van der Waals surface area contributed by atoms with E-state index >= 15 is 0 Å². The molecule has 2 aromatic rings. The lowest BCUT2D eigenvalue weighted by Gasteiger charge is -1.99. The van der Waals surface area contributed by atoms with Crippen molar-refractivity contribution in [2.75, 3.05) is 6.26 Å². The smallest absolute Gasteiger partial charge is 0.187 e. The van der Waals surface area contributed by atoms with E-state index in [1.54, 1.807) is 6.20 Å². The fourth-order valence-corrected chi connectivity index (χ4v) is 2.18. The summed E-state index contributed by atoms with van der Waals surface area (Å²) in [6.45, 7) is 2.90. The monoisotopic (exact) mass is 298 g/mol. The number of thioether (sulfide) groups is 1. The predicted molar refractivity (Wildman–Crippen MR) is 68.4 cm³/mol. The second kappa shape index (κ2) is 4.97. The van der Waals surface area contributed by atoms with Gasteiger partial charge in [0.15, 0.2) is 5.16 Å². The van der Waals surface area contributed by atoms with E-state index in [0.717, 1.165) is 27.6 Å². The Hall–Kier alpha value is -0.880. The zero-order valence-electron chi connectivity index (χ0n) is 9.01. The van der Waals surface area contributed by atoms with Crippen LogP contribution in [-0.2, 0) is 6.54 Å². The van der Waals surface area contributed by atoms with Crippen molar-refractivity contribution in [1.82, 2.24) is 19.7 Å². The van der Waals surface area contributed by atoms with Gasteiger partial charge in [0.25, 0.3) is 0 Å². The summed E-state index contributed by atoms with van der Waals surface area (Å²) in [5.41, 5.74) is 1.71. The summed E-state index contributed by atoms with van der Waals surface area (Å²) in [5.74, 6) is 0. The molecule has 0 aliphatic rings. The summed E-state index contributed by atoms with van der Waals surface area (Å²) in [6, 6.07) is 1.87. The van der Waals surface area contributed by atoms with Crippen LogP contribution in [0.15, 0.2) is 28.1 Å². The SMILES string of the molecule is CCn1cc(Br)c(-c2ccnc(SC)n2)n1. The Labute approximate surface area is 107 Å². The standard InChI is InChI=1S/C10H11BrN4S/c1-3-15-6-7(11)9(14-15)8-4-5-12-10(13-8)16-2/h4-6H,3H2,1-2H3. The van der Waals surface area contributed by atoms with Gasteiger partial charge < -0.3 is 0 Å². The Bertz CT molecular complexity index is 497. The molecule has 0 radical (unpaired) electrons.